The lowest BCUT2D eigenvalue weighted by molar-refractivity contribution is -0.137. The number of halogens is 3. The van der Waals surface area contributed by atoms with E-state index in [1.54, 1.807) is 6.92 Å². The molecule has 0 unspecified atom stereocenters. The number of aromatic nitrogens is 3. The number of benzene rings is 2. The molecule has 11 heteroatoms. The van der Waals surface area contributed by atoms with Gasteiger partial charge >= 0.3 is 12.2 Å². The Morgan fingerprint density at radius 3 is 2.46 bits per heavy atom. The highest BCUT2D eigenvalue weighted by atomic mass is 19.4. The van der Waals surface area contributed by atoms with Gasteiger partial charge in [0.2, 0.25) is 17.8 Å². The van der Waals surface area contributed by atoms with E-state index in [1.807, 2.05) is 28.0 Å². The fourth-order valence-electron chi connectivity index (χ4n) is 4.04. The largest absolute Gasteiger partial charge is 0.464 e. The molecule has 4 rings (SSSR count). The number of nitrogens with zero attached hydrogens (tertiary/aromatic N) is 5. The normalized spacial score (nSPS) is 13.9. The number of rotatable bonds is 9. The highest BCUT2D eigenvalue weighted by Crippen LogP contribution is 2.31. The molecule has 8 nitrogen and oxygen atoms in total. The van der Waals surface area contributed by atoms with E-state index in [1.165, 1.54) is 17.7 Å². The summed E-state index contributed by atoms with van der Waals surface area (Å²) >= 11 is 0. The van der Waals surface area contributed by atoms with Gasteiger partial charge in [0.15, 0.2) is 0 Å². The van der Waals surface area contributed by atoms with Gasteiger partial charge in [-0.15, -0.1) is 0 Å². The fraction of sp³-hybridized carbons (Fsp3) is 0.385. The molecule has 2 heterocycles. The molecular formula is C26H29F3N6O2. The predicted molar refractivity (Wildman–Crippen MR) is 134 cm³/mol. The molecule has 3 aromatic rings. The Balaban J connectivity index is 1.38. The zero-order chi connectivity index (χ0) is 26.3. The van der Waals surface area contributed by atoms with Gasteiger partial charge in [-0.3, -0.25) is 4.79 Å². The van der Waals surface area contributed by atoms with E-state index >= 15 is 0 Å². The van der Waals surface area contributed by atoms with Crippen LogP contribution in [0.1, 0.15) is 30.9 Å². The molecule has 1 N–H and O–H groups in total. The van der Waals surface area contributed by atoms with Crippen LogP contribution in [0.3, 0.4) is 0 Å². The van der Waals surface area contributed by atoms with Gasteiger partial charge in [0, 0.05) is 38.3 Å². The standard InChI is InChI=1S/C26H29F3N6O2/c1-2-37-25-32-23(30-21-12-7-11-20(18-21)26(27,28)29)31-24(33-25)35-16-14-34(15-17-35)22(36)13-6-10-19-8-4-3-5-9-19/h3-5,7-9,11-12,18H,2,6,10,13-17H2,1H3,(H,30,31,32,33). The maximum atomic E-state index is 13.1. The molecule has 1 amide bonds. The average molecular weight is 515 g/mol. The van der Waals surface area contributed by atoms with E-state index in [2.05, 4.69) is 32.4 Å². The van der Waals surface area contributed by atoms with Gasteiger partial charge in [-0.05, 0) is 43.5 Å². The van der Waals surface area contributed by atoms with Crippen molar-refractivity contribution in [1.29, 1.82) is 0 Å². The molecule has 0 spiro atoms. The van der Waals surface area contributed by atoms with Crippen LogP contribution in [-0.2, 0) is 17.4 Å². The van der Waals surface area contributed by atoms with Crippen LogP contribution < -0.4 is 15.0 Å². The van der Waals surface area contributed by atoms with Crippen LogP contribution in [0.5, 0.6) is 6.01 Å². The van der Waals surface area contributed by atoms with Crippen molar-refractivity contribution in [3.05, 3.63) is 65.7 Å². The first kappa shape index (κ1) is 26.2. The summed E-state index contributed by atoms with van der Waals surface area (Å²) in [7, 11) is 0. The number of piperazine rings is 1. The topological polar surface area (TPSA) is 83.5 Å². The number of aryl methyl sites for hydroxylation is 1. The Morgan fingerprint density at radius 1 is 1.00 bits per heavy atom. The van der Waals surface area contributed by atoms with Gasteiger partial charge in [-0.25, -0.2) is 0 Å². The number of carbonyl (C=O) groups is 1. The molecule has 0 saturated carbocycles. The summed E-state index contributed by atoms with van der Waals surface area (Å²) in [5, 5.41) is 2.82. The smallest absolute Gasteiger partial charge is 0.416 e. The number of ether oxygens (including phenoxy) is 1. The average Bonchev–Trinajstić information content (AvgIpc) is 2.89. The molecule has 0 atom stereocenters. The second-order valence-corrected chi connectivity index (χ2v) is 8.59. The van der Waals surface area contributed by atoms with E-state index in [0.29, 0.717) is 45.2 Å². The number of hydrogen-bond donors (Lipinski definition) is 1. The third-order valence-corrected chi connectivity index (χ3v) is 5.94. The minimum atomic E-state index is -4.46. The summed E-state index contributed by atoms with van der Waals surface area (Å²) in [5.74, 6) is 0.532. The molecule has 196 valence electrons. The number of hydrogen-bond acceptors (Lipinski definition) is 7. The van der Waals surface area contributed by atoms with Gasteiger partial charge in [-0.2, -0.15) is 28.1 Å². The number of nitrogens with one attached hydrogen (secondary N) is 1. The van der Waals surface area contributed by atoms with Crippen LogP contribution in [0.15, 0.2) is 54.6 Å². The Kier molecular flexibility index (Phi) is 8.42. The van der Waals surface area contributed by atoms with E-state index in [4.69, 9.17) is 4.74 Å². The molecule has 1 aliphatic heterocycles. The Labute approximate surface area is 213 Å². The zero-order valence-electron chi connectivity index (χ0n) is 20.5. The van der Waals surface area contributed by atoms with E-state index in [0.717, 1.165) is 25.0 Å². The molecular weight excluding hydrogens is 485 g/mol. The van der Waals surface area contributed by atoms with Gasteiger partial charge < -0.3 is 19.9 Å². The summed E-state index contributed by atoms with van der Waals surface area (Å²) in [4.78, 5) is 29.4. The van der Waals surface area contributed by atoms with Crippen molar-refractivity contribution < 1.29 is 22.7 Å². The number of alkyl halides is 3. The SMILES string of the molecule is CCOc1nc(Nc2cccc(C(F)(F)F)c2)nc(N2CCN(C(=O)CCCc3ccccc3)CC2)n1. The summed E-state index contributed by atoms with van der Waals surface area (Å²) in [5.41, 5.74) is 0.635. The Bertz CT molecular complexity index is 1180. The maximum Gasteiger partial charge on any atom is 0.416 e. The van der Waals surface area contributed by atoms with E-state index in [-0.39, 0.29) is 23.6 Å². The summed E-state index contributed by atoms with van der Waals surface area (Å²) in [6.07, 6.45) is -2.32. The van der Waals surface area contributed by atoms with Crippen LogP contribution in [-0.4, -0.2) is 58.5 Å². The molecule has 1 fully saturated rings. The maximum absolute atomic E-state index is 13.1. The highest BCUT2D eigenvalue weighted by molar-refractivity contribution is 5.76. The van der Waals surface area contributed by atoms with E-state index in [9.17, 15) is 18.0 Å². The first-order valence-electron chi connectivity index (χ1n) is 12.2. The Hall–Kier alpha value is -3.89. The van der Waals surface area contributed by atoms with Crippen LogP contribution in [0.25, 0.3) is 0 Å². The number of carbonyl (C=O) groups excluding carboxylic acids is 1. The zero-order valence-corrected chi connectivity index (χ0v) is 20.5. The quantitative estimate of drug-likeness (QED) is 0.443. The van der Waals surface area contributed by atoms with Crippen LogP contribution in [0.2, 0.25) is 0 Å². The van der Waals surface area contributed by atoms with Gasteiger partial charge in [0.25, 0.3) is 0 Å². The van der Waals surface area contributed by atoms with Crippen molar-refractivity contribution in [2.24, 2.45) is 0 Å². The second-order valence-electron chi connectivity index (χ2n) is 8.59. The van der Waals surface area contributed by atoms with E-state index < -0.39 is 11.7 Å². The number of amides is 1. The molecule has 0 radical (unpaired) electrons. The van der Waals surface area contributed by atoms with Crippen molar-refractivity contribution >= 4 is 23.5 Å². The third kappa shape index (κ3) is 7.31. The summed E-state index contributed by atoms with van der Waals surface area (Å²) in [6, 6.07) is 15.0. The Morgan fingerprint density at radius 2 is 1.76 bits per heavy atom. The lowest BCUT2D eigenvalue weighted by Gasteiger charge is -2.34. The molecule has 0 aliphatic carbocycles. The monoisotopic (exact) mass is 514 g/mol. The lowest BCUT2D eigenvalue weighted by atomic mass is 10.1. The van der Waals surface area contributed by atoms with Crippen LogP contribution in [0, 0.1) is 0 Å². The van der Waals surface area contributed by atoms with Gasteiger partial charge in [-0.1, -0.05) is 36.4 Å². The summed E-state index contributed by atoms with van der Waals surface area (Å²) in [6.45, 7) is 4.18. The molecule has 1 aliphatic rings. The third-order valence-electron chi connectivity index (χ3n) is 5.94. The highest BCUT2D eigenvalue weighted by Gasteiger charge is 2.30. The first-order valence-corrected chi connectivity index (χ1v) is 12.2. The molecule has 37 heavy (non-hydrogen) atoms. The van der Waals surface area contributed by atoms with Crippen LogP contribution >= 0.6 is 0 Å². The summed E-state index contributed by atoms with van der Waals surface area (Å²) < 4.78 is 44.7. The molecule has 0 bridgehead atoms. The molecule has 1 saturated heterocycles. The van der Waals surface area contributed by atoms with Crippen molar-refractivity contribution in [3.8, 4) is 6.01 Å². The second kappa shape index (κ2) is 11.9. The molecule has 1 aromatic heterocycles. The first-order chi connectivity index (χ1) is 17.8. The minimum Gasteiger partial charge on any atom is -0.464 e. The van der Waals surface area contributed by atoms with Crippen molar-refractivity contribution in [2.45, 2.75) is 32.4 Å². The molecule has 2 aromatic carbocycles. The number of anilines is 3. The van der Waals surface area contributed by atoms with Gasteiger partial charge in [0.1, 0.15) is 0 Å². The van der Waals surface area contributed by atoms with Crippen LogP contribution in [0.4, 0.5) is 30.8 Å². The van der Waals surface area contributed by atoms with Crippen molar-refractivity contribution in [2.75, 3.05) is 43.0 Å². The van der Waals surface area contributed by atoms with Crippen molar-refractivity contribution in [1.82, 2.24) is 19.9 Å². The van der Waals surface area contributed by atoms with Crippen molar-refractivity contribution in [3.63, 3.8) is 0 Å². The minimum absolute atomic E-state index is 0.0707. The fourth-order valence-corrected chi connectivity index (χ4v) is 4.04. The predicted octanol–water partition coefficient (Wildman–Crippen LogP) is 4.70. The lowest BCUT2D eigenvalue weighted by Crippen LogP contribution is -2.49. The van der Waals surface area contributed by atoms with Gasteiger partial charge in [0.05, 0.1) is 12.2 Å².